The average molecular weight is 669 g/mol. The van der Waals surface area contributed by atoms with Gasteiger partial charge in [-0.1, -0.05) is 47.5 Å². The predicted octanol–water partition coefficient (Wildman–Crippen LogP) is 7.29. The predicted molar refractivity (Wildman–Crippen MR) is 146 cm³/mol. The molecule has 0 spiro atoms. The van der Waals surface area contributed by atoms with Crippen LogP contribution in [0.2, 0.25) is 5.02 Å². The van der Waals surface area contributed by atoms with Crippen LogP contribution in [0.4, 0.5) is 5.69 Å². The smallest absolute Gasteiger partial charge is 0.266 e. The Balaban J connectivity index is 1.79. The largest absolute Gasteiger partial charge is 0.487 e. The van der Waals surface area contributed by atoms with Gasteiger partial charge in [0.1, 0.15) is 24.0 Å². The first-order valence-electron chi connectivity index (χ1n) is 9.64. The molecule has 3 rings (SSSR count). The molecular weight excluding hydrogens is 650 g/mol. The number of nitrogens with one attached hydrogen (secondary N) is 1. The van der Waals surface area contributed by atoms with Crippen LogP contribution in [0.5, 0.6) is 5.75 Å². The summed E-state index contributed by atoms with van der Waals surface area (Å²) in [4.78, 5) is 12.7. The fraction of sp³-hybridized carbons (Fsp3) is 0.120. The first-order chi connectivity index (χ1) is 15.3. The number of hydrogen-bond acceptors (Lipinski definition) is 3. The molecule has 0 unspecified atom stereocenters. The molecule has 0 aromatic heterocycles. The van der Waals surface area contributed by atoms with E-state index in [9.17, 15) is 10.1 Å². The average Bonchev–Trinajstić information content (AvgIpc) is 2.74. The molecule has 0 radical (unpaired) electrons. The molecule has 162 valence electrons. The van der Waals surface area contributed by atoms with Gasteiger partial charge in [-0.05, 0) is 100 Å². The number of anilines is 1. The van der Waals surface area contributed by atoms with Crippen LogP contribution in [0.25, 0.3) is 6.08 Å². The fourth-order valence-corrected chi connectivity index (χ4v) is 5.34. The van der Waals surface area contributed by atoms with Crippen molar-refractivity contribution < 1.29 is 9.53 Å². The number of amides is 1. The van der Waals surface area contributed by atoms with Crippen LogP contribution < -0.4 is 10.1 Å². The SMILES string of the molecule is Cc1ccc(NC(=O)/C(C#N)=C/c2cc(I)c(OCc3ccccc3Cl)c(I)c2)c(C)c1. The minimum absolute atomic E-state index is 0.0290. The second-order valence-corrected chi connectivity index (χ2v) is 9.87. The van der Waals surface area contributed by atoms with Crippen LogP contribution in [-0.4, -0.2) is 5.91 Å². The molecule has 7 heteroatoms. The molecule has 0 aliphatic heterocycles. The summed E-state index contributed by atoms with van der Waals surface area (Å²) >= 11 is 10.6. The van der Waals surface area contributed by atoms with E-state index in [0.29, 0.717) is 17.3 Å². The maximum Gasteiger partial charge on any atom is 0.266 e. The lowest BCUT2D eigenvalue weighted by Gasteiger charge is -2.13. The summed E-state index contributed by atoms with van der Waals surface area (Å²) in [6.45, 7) is 4.26. The molecule has 4 nitrogen and oxygen atoms in total. The van der Waals surface area contributed by atoms with Crippen molar-refractivity contribution in [3.8, 4) is 11.8 Å². The molecule has 0 atom stereocenters. The number of benzene rings is 3. The van der Waals surface area contributed by atoms with E-state index >= 15 is 0 Å². The minimum atomic E-state index is -0.441. The molecule has 0 fully saturated rings. The summed E-state index contributed by atoms with van der Waals surface area (Å²) in [7, 11) is 0. The van der Waals surface area contributed by atoms with E-state index in [1.54, 1.807) is 6.08 Å². The molecule has 32 heavy (non-hydrogen) atoms. The van der Waals surface area contributed by atoms with E-state index in [4.69, 9.17) is 16.3 Å². The summed E-state index contributed by atoms with van der Waals surface area (Å²) in [6.07, 6.45) is 1.58. The van der Waals surface area contributed by atoms with Gasteiger partial charge in [0.2, 0.25) is 0 Å². The Morgan fingerprint density at radius 1 is 1.12 bits per heavy atom. The monoisotopic (exact) mass is 668 g/mol. The minimum Gasteiger partial charge on any atom is -0.487 e. The van der Waals surface area contributed by atoms with Gasteiger partial charge in [-0.3, -0.25) is 4.79 Å². The molecular formula is C25H19ClI2N2O2. The van der Waals surface area contributed by atoms with E-state index in [1.807, 2.05) is 74.5 Å². The van der Waals surface area contributed by atoms with Gasteiger partial charge in [-0.15, -0.1) is 0 Å². The van der Waals surface area contributed by atoms with Crippen LogP contribution in [0, 0.1) is 32.3 Å². The fourth-order valence-electron chi connectivity index (χ4n) is 3.02. The van der Waals surface area contributed by atoms with Gasteiger partial charge in [-0.25, -0.2) is 0 Å². The van der Waals surface area contributed by atoms with Gasteiger partial charge in [0.25, 0.3) is 5.91 Å². The second kappa shape index (κ2) is 11.2. The molecule has 0 saturated carbocycles. The highest BCUT2D eigenvalue weighted by Gasteiger charge is 2.14. The molecule has 0 heterocycles. The Morgan fingerprint density at radius 3 is 2.44 bits per heavy atom. The van der Waals surface area contributed by atoms with Gasteiger partial charge < -0.3 is 10.1 Å². The van der Waals surface area contributed by atoms with Crippen LogP contribution in [0.1, 0.15) is 22.3 Å². The number of rotatable bonds is 6. The topological polar surface area (TPSA) is 62.1 Å². The highest BCUT2D eigenvalue weighted by molar-refractivity contribution is 14.1. The highest BCUT2D eigenvalue weighted by atomic mass is 127. The third kappa shape index (κ3) is 6.24. The summed E-state index contributed by atoms with van der Waals surface area (Å²) in [6, 6.07) is 19.1. The van der Waals surface area contributed by atoms with Gasteiger partial charge in [0.15, 0.2) is 0 Å². The number of nitrogens with zero attached hydrogens (tertiary/aromatic N) is 1. The lowest BCUT2D eigenvalue weighted by Crippen LogP contribution is -2.14. The quantitative estimate of drug-likeness (QED) is 0.171. The van der Waals surface area contributed by atoms with Crippen LogP contribution in [0.3, 0.4) is 0 Å². The second-order valence-electron chi connectivity index (χ2n) is 7.14. The van der Waals surface area contributed by atoms with Gasteiger partial charge >= 0.3 is 0 Å². The summed E-state index contributed by atoms with van der Waals surface area (Å²) < 4.78 is 7.76. The number of nitriles is 1. The van der Waals surface area contributed by atoms with Crippen molar-refractivity contribution in [1.29, 1.82) is 5.26 Å². The summed E-state index contributed by atoms with van der Waals surface area (Å²) in [5.74, 6) is 0.296. The Morgan fingerprint density at radius 2 is 1.81 bits per heavy atom. The molecule has 1 N–H and O–H groups in total. The van der Waals surface area contributed by atoms with Crippen molar-refractivity contribution in [1.82, 2.24) is 0 Å². The zero-order chi connectivity index (χ0) is 23.3. The van der Waals surface area contributed by atoms with Crippen molar-refractivity contribution in [3.63, 3.8) is 0 Å². The van der Waals surface area contributed by atoms with Gasteiger partial charge in [0, 0.05) is 16.3 Å². The molecule has 0 bridgehead atoms. The number of carbonyl (C=O) groups excluding carboxylic acids is 1. The van der Waals surface area contributed by atoms with E-state index in [-0.39, 0.29) is 5.57 Å². The standard InChI is InChI=1S/C25H19ClI2N2O2/c1-15-7-8-23(16(2)9-15)30-25(31)19(13-29)10-17-11-21(27)24(22(28)12-17)32-14-18-5-3-4-6-20(18)26/h3-12H,14H2,1-2H3,(H,30,31)/b19-10+. The molecule has 3 aromatic carbocycles. The molecule has 3 aromatic rings. The normalized spacial score (nSPS) is 11.1. The molecule has 0 saturated heterocycles. The van der Waals surface area contributed by atoms with Crippen LogP contribution >= 0.6 is 56.8 Å². The first-order valence-corrected chi connectivity index (χ1v) is 12.2. The lowest BCUT2D eigenvalue weighted by atomic mass is 10.1. The van der Waals surface area contributed by atoms with Crippen molar-refractivity contribution in [2.45, 2.75) is 20.5 Å². The van der Waals surface area contributed by atoms with E-state index < -0.39 is 5.91 Å². The zero-order valence-corrected chi connectivity index (χ0v) is 22.4. The Hall–Kier alpha value is -2.09. The number of aryl methyl sites for hydroxylation is 2. The Labute approximate surface area is 219 Å². The van der Waals surface area contributed by atoms with Gasteiger partial charge in [0.05, 0.1) is 7.14 Å². The van der Waals surface area contributed by atoms with Crippen LogP contribution in [-0.2, 0) is 11.4 Å². The molecule has 0 aliphatic carbocycles. The van der Waals surface area contributed by atoms with E-state index in [0.717, 1.165) is 35.1 Å². The maximum atomic E-state index is 12.7. The van der Waals surface area contributed by atoms with Crippen molar-refractivity contribution in [3.05, 3.63) is 94.6 Å². The van der Waals surface area contributed by atoms with Gasteiger partial charge in [-0.2, -0.15) is 5.26 Å². The third-order valence-corrected chi connectivity index (χ3v) is 6.63. The number of hydrogen-bond donors (Lipinski definition) is 1. The lowest BCUT2D eigenvalue weighted by molar-refractivity contribution is -0.112. The van der Waals surface area contributed by atoms with Crippen LogP contribution in [0.15, 0.2) is 60.2 Å². The number of carbonyl (C=O) groups is 1. The summed E-state index contributed by atoms with van der Waals surface area (Å²) in [5, 5.41) is 13.0. The van der Waals surface area contributed by atoms with E-state index in [2.05, 4.69) is 50.5 Å². The number of ether oxygens (including phenoxy) is 1. The van der Waals surface area contributed by atoms with Crippen molar-refractivity contribution in [2.24, 2.45) is 0 Å². The summed E-state index contributed by atoms with van der Waals surface area (Å²) in [5.41, 5.74) is 4.42. The third-order valence-electron chi connectivity index (χ3n) is 4.66. The highest BCUT2D eigenvalue weighted by Crippen LogP contribution is 2.31. The Kier molecular flexibility index (Phi) is 8.57. The Bertz CT molecular complexity index is 1230. The van der Waals surface area contributed by atoms with Crippen molar-refractivity contribution >= 4 is 74.5 Å². The van der Waals surface area contributed by atoms with E-state index in [1.165, 1.54) is 0 Å². The number of halogens is 3. The maximum absolute atomic E-state index is 12.7. The molecule has 0 aliphatic rings. The zero-order valence-electron chi connectivity index (χ0n) is 17.4. The van der Waals surface area contributed by atoms with Crippen molar-refractivity contribution in [2.75, 3.05) is 5.32 Å². The molecule has 1 amide bonds. The first kappa shape index (κ1) is 24.6.